The van der Waals surface area contributed by atoms with Gasteiger partial charge >= 0.3 is 5.97 Å². The normalized spacial score (nSPS) is 23.4. The molecule has 0 spiro atoms. The Bertz CT molecular complexity index is 785. The van der Waals surface area contributed by atoms with Crippen LogP contribution in [0.1, 0.15) is 78.2 Å². The lowest BCUT2D eigenvalue weighted by atomic mass is 9.84. The van der Waals surface area contributed by atoms with E-state index in [2.05, 4.69) is 67.7 Å². The Hall–Kier alpha value is -2.36. The van der Waals surface area contributed by atoms with Gasteiger partial charge in [0, 0.05) is 19.4 Å². The number of aryl methyl sites for hydroxylation is 1. The van der Waals surface area contributed by atoms with Gasteiger partial charge in [-0.3, -0.25) is 9.59 Å². The summed E-state index contributed by atoms with van der Waals surface area (Å²) >= 11 is 0. The molecule has 0 saturated heterocycles. The molecule has 4 nitrogen and oxygen atoms in total. The van der Waals surface area contributed by atoms with Gasteiger partial charge in [-0.25, -0.2) is 0 Å². The van der Waals surface area contributed by atoms with E-state index in [1.165, 1.54) is 12.0 Å². The minimum Gasteiger partial charge on any atom is -0.458 e. The number of ether oxygens (including phenoxy) is 1. The SMILES string of the molecule is CCNC(=O)CCCC=CCC1C(C)CC(C)C1C=CC(CCc1ccccc1)OC(=O)CC. The fourth-order valence-corrected chi connectivity index (χ4v) is 5.13. The van der Waals surface area contributed by atoms with E-state index in [9.17, 15) is 9.59 Å². The van der Waals surface area contributed by atoms with E-state index in [0.29, 0.717) is 43.1 Å². The van der Waals surface area contributed by atoms with Gasteiger partial charge in [0.2, 0.25) is 5.91 Å². The maximum Gasteiger partial charge on any atom is 0.306 e. The summed E-state index contributed by atoms with van der Waals surface area (Å²) in [6, 6.07) is 10.4. The van der Waals surface area contributed by atoms with Crippen LogP contribution in [-0.4, -0.2) is 24.5 Å². The van der Waals surface area contributed by atoms with E-state index in [1.54, 1.807) is 0 Å². The topological polar surface area (TPSA) is 55.4 Å². The number of rotatable bonds is 14. The molecule has 1 aliphatic carbocycles. The van der Waals surface area contributed by atoms with Crippen LogP contribution in [0.15, 0.2) is 54.6 Å². The van der Waals surface area contributed by atoms with Crippen LogP contribution in [0.25, 0.3) is 0 Å². The van der Waals surface area contributed by atoms with E-state index in [0.717, 1.165) is 32.1 Å². The molecule has 1 aromatic rings. The molecule has 5 unspecified atom stereocenters. The second-order valence-corrected chi connectivity index (χ2v) is 9.78. The maximum atomic E-state index is 12.0. The summed E-state index contributed by atoms with van der Waals surface area (Å²) < 4.78 is 5.77. The van der Waals surface area contributed by atoms with E-state index in [1.807, 2.05) is 19.9 Å². The van der Waals surface area contributed by atoms with Crippen LogP contribution in [0.5, 0.6) is 0 Å². The zero-order chi connectivity index (χ0) is 24.8. The number of carbonyl (C=O) groups is 2. The number of esters is 1. The summed E-state index contributed by atoms with van der Waals surface area (Å²) in [4.78, 5) is 23.6. The Balaban J connectivity index is 1.93. The third-order valence-corrected chi connectivity index (χ3v) is 7.03. The zero-order valence-electron chi connectivity index (χ0n) is 21.7. The fourth-order valence-electron chi connectivity index (χ4n) is 5.13. The van der Waals surface area contributed by atoms with Crippen LogP contribution in [0, 0.1) is 23.7 Å². The molecular weight excluding hydrogens is 422 g/mol. The first-order chi connectivity index (χ1) is 16.4. The summed E-state index contributed by atoms with van der Waals surface area (Å²) in [5.41, 5.74) is 1.27. The van der Waals surface area contributed by atoms with Crippen LogP contribution in [0.2, 0.25) is 0 Å². The number of amides is 1. The molecule has 0 radical (unpaired) electrons. The molecule has 2 rings (SSSR count). The van der Waals surface area contributed by atoms with Crippen molar-refractivity contribution in [3.05, 3.63) is 60.2 Å². The van der Waals surface area contributed by atoms with Crippen LogP contribution >= 0.6 is 0 Å². The second-order valence-electron chi connectivity index (χ2n) is 9.78. The van der Waals surface area contributed by atoms with E-state index in [-0.39, 0.29) is 18.0 Å². The Kier molecular flexibility index (Phi) is 12.7. The molecule has 1 aliphatic rings. The molecule has 0 bridgehead atoms. The number of benzene rings is 1. The summed E-state index contributed by atoms with van der Waals surface area (Å²) in [7, 11) is 0. The van der Waals surface area contributed by atoms with Crippen LogP contribution in [-0.2, 0) is 20.7 Å². The third-order valence-electron chi connectivity index (χ3n) is 7.03. The van der Waals surface area contributed by atoms with Gasteiger partial charge in [-0.1, -0.05) is 69.3 Å². The van der Waals surface area contributed by atoms with E-state index < -0.39 is 0 Å². The molecule has 0 aliphatic heterocycles. The predicted molar refractivity (Wildman–Crippen MR) is 140 cm³/mol. The average Bonchev–Trinajstić information content (AvgIpc) is 3.10. The van der Waals surface area contributed by atoms with Crippen molar-refractivity contribution in [3.8, 4) is 0 Å². The highest BCUT2D eigenvalue weighted by molar-refractivity contribution is 5.75. The van der Waals surface area contributed by atoms with Gasteiger partial charge in [0.05, 0.1) is 0 Å². The van der Waals surface area contributed by atoms with Crippen molar-refractivity contribution in [2.24, 2.45) is 23.7 Å². The number of allylic oxidation sites excluding steroid dienone is 3. The van der Waals surface area contributed by atoms with Crippen molar-refractivity contribution in [2.75, 3.05) is 6.54 Å². The Morgan fingerprint density at radius 3 is 2.59 bits per heavy atom. The van der Waals surface area contributed by atoms with E-state index >= 15 is 0 Å². The number of unbranched alkanes of at least 4 members (excludes halogenated alkanes) is 1. The molecule has 1 saturated carbocycles. The molecule has 34 heavy (non-hydrogen) atoms. The maximum absolute atomic E-state index is 12.0. The highest BCUT2D eigenvalue weighted by Gasteiger charge is 2.36. The lowest BCUT2D eigenvalue weighted by Gasteiger charge is -2.22. The first kappa shape index (κ1) is 27.9. The standard InChI is InChI=1S/C30H45NO3/c1-5-30(33)34-26(19-18-25-14-10-9-11-15-25)20-21-28-24(4)22-23(3)27(28)16-12-7-8-13-17-29(32)31-6-2/h7,9-12,14-15,20-21,23-24,26-28H,5-6,8,13,16-19,22H2,1-4H3,(H,31,32). The molecule has 1 amide bonds. The van der Waals surface area contributed by atoms with Crippen LogP contribution in [0.4, 0.5) is 0 Å². The monoisotopic (exact) mass is 467 g/mol. The highest BCUT2D eigenvalue weighted by Crippen LogP contribution is 2.44. The quantitative estimate of drug-likeness (QED) is 0.189. The minimum absolute atomic E-state index is 0.136. The lowest BCUT2D eigenvalue weighted by Crippen LogP contribution is -2.21. The van der Waals surface area contributed by atoms with Crippen LogP contribution in [0.3, 0.4) is 0 Å². The Morgan fingerprint density at radius 2 is 1.88 bits per heavy atom. The molecule has 1 aromatic carbocycles. The van der Waals surface area contributed by atoms with Crippen molar-refractivity contribution >= 4 is 11.9 Å². The van der Waals surface area contributed by atoms with Gasteiger partial charge in [0.15, 0.2) is 0 Å². The second kappa shape index (κ2) is 15.5. The molecule has 0 heterocycles. The summed E-state index contributed by atoms with van der Waals surface area (Å²) in [5.74, 6) is 2.40. The molecule has 1 fully saturated rings. The molecule has 188 valence electrons. The molecule has 1 N–H and O–H groups in total. The van der Waals surface area contributed by atoms with Crippen molar-refractivity contribution in [1.29, 1.82) is 0 Å². The Morgan fingerprint density at radius 1 is 1.12 bits per heavy atom. The number of hydrogen-bond acceptors (Lipinski definition) is 3. The van der Waals surface area contributed by atoms with Crippen molar-refractivity contribution in [3.63, 3.8) is 0 Å². The summed E-state index contributed by atoms with van der Waals surface area (Å²) in [6.45, 7) is 9.21. The van der Waals surface area contributed by atoms with Crippen molar-refractivity contribution < 1.29 is 14.3 Å². The van der Waals surface area contributed by atoms with Crippen molar-refractivity contribution in [2.45, 2.75) is 85.2 Å². The third kappa shape index (κ3) is 9.87. The predicted octanol–water partition coefficient (Wildman–Crippen LogP) is 6.66. The highest BCUT2D eigenvalue weighted by atomic mass is 16.5. The summed E-state index contributed by atoms with van der Waals surface area (Å²) in [6.07, 6.45) is 15.7. The summed E-state index contributed by atoms with van der Waals surface area (Å²) in [5, 5.41) is 2.85. The van der Waals surface area contributed by atoms with E-state index in [4.69, 9.17) is 4.74 Å². The molecular formula is C30H45NO3. The molecule has 5 atom stereocenters. The first-order valence-corrected chi connectivity index (χ1v) is 13.3. The van der Waals surface area contributed by atoms with Gasteiger partial charge in [0.25, 0.3) is 0 Å². The van der Waals surface area contributed by atoms with Gasteiger partial charge in [-0.15, -0.1) is 0 Å². The number of hydrogen-bond donors (Lipinski definition) is 1. The van der Waals surface area contributed by atoms with Gasteiger partial charge in [-0.2, -0.15) is 0 Å². The minimum atomic E-state index is -0.179. The van der Waals surface area contributed by atoms with Gasteiger partial charge in [-0.05, 0) is 80.8 Å². The smallest absolute Gasteiger partial charge is 0.306 e. The zero-order valence-corrected chi connectivity index (χ0v) is 21.7. The van der Waals surface area contributed by atoms with Crippen molar-refractivity contribution in [1.82, 2.24) is 5.32 Å². The Labute approximate surface area is 207 Å². The van der Waals surface area contributed by atoms with Crippen LogP contribution < -0.4 is 5.32 Å². The fraction of sp³-hybridized carbons (Fsp3) is 0.600. The average molecular weight is 468 g/mol. The molecule has 0 aromatic heterocycles. The lowest BCUT2D eigenvalue weighted by molar-refractivity contribution is -0.146. The largest absolute Gasteiger partial charge is 0.458 e. The van der Waals surface area contributed by atoms with Gasteiger partial charge in [0.1, 0.15) is 6.10 Å². The number of nitrogens with one attached hydrogen (secondary N) is 1. The first-order valence-electron chi connectivity index (χ1n) is 13.3. The molecule has 4 heteroatoms. The van der Waals surface area contributed by atoms with Gasteiger partial charge < -0.3 is 10.1 Å². The number of carbonyl (C=O) groups excluding carboxylic acids is 2.